The largest absolute Gasteiger partial charge is 0.489 e. The molecule has 0 aromatic heterocycles. The summed E-state index contributed by atoms with van der Waals surface area (Å²) in [7, 11) is 0. The molecule has 0 heterocycles. The molecule has 0 fully saturated rings. The first-order chi connectivity index (χ1) is 9.19. The molecule has 0 aliphatic heterocycles. The van der Waals surface area contributed by atoms with E-state index in [1.54, 1.807) is 24.3 Å². The summed E-state index contributed by atoms with van der Waals surface area (Å²) in [6.45, 7) is 0.427. The van der Waals surface area contributed by atoms with Crippen molar-refractivity contribution in [3.05, 3.63) is 64.7 Å². The zero-order valence-corrected chi connectivity index (χ0v) is 10.8. The SMILES string of the molecule is N/C(=N\O)c1ccc(COc2cccc(Cl)c2)cc1. The number of nitrogens with two attached hydrogens (primary N) is 1. The molecule has 2 rings (SSSR count). The van der Waals surface area contributed by atoms with Crippen LogP contribution in [-0.4, -0.2) is 11.0 Å². The van der Waals surface area contributed by atoms with Crippen molar-refractivity contribution in [2.45, 2.75) is 6.61 Å². The Morgan fingerprint density at radius 1 is 1.21 bits per heavy atom. The van der Waals surface area contributed by atoms with Gasteiger partial charge in [-0.3, -0.25) is 0 Å². The number of rotatable bonds is 4. The summed E-state index contributed by atoms with van der Waals surface area (Å²) in [6.07, 6.45) is 0. The fourth-order valence-corrected chi connectivity index (χ4v) is 1.73. The topological polar surface area (TPSA) is 67.8 Å². The molecule has 0 unspecified atom stereocenters. The summed E-state index contributed by atoms with van der Waals surface area (Å²) in [4.78, 5) is 0. The van der Waals surface area contributed by atoms with Gasteiger partial charge in [0.2, 0.25) is 0 Å². The summed E-state index contributed by atoms with van der Waals surface area (Å²) >= 11 is 5.87. The highest BCUT2D eigenvalue weighted by Crippen LogP contribution is 2.18. The molecule has 5 heteroatoms. The van der Waals surface area contributed by atoms with E-state index in [2.05, 4.69) is 5.16 Å². The lowest BCUT2D eigenvalue weighted by molar-refractivity contribution is 0.306. The molecule has 0 saturated heterocycles. The second kappa shape index (κ2) is 6.11. The van der Waals surface area contributed by atoms with Gasteiger partial charge in [-0.15, -0.1) is 0 Å². The van der Waals surface area contributed by atoms with E-state index in [1.807, 2.05) is 24.3 Å². The number of ether oxygens (including phenoxy) is 1. The zero-order valence-electron chi connectivity index (χ0n) is 10.1. The summed E-state index contributed by atoms with van der Waals surface area (Å²) in [5, 5.41) is 12.1. The maximum Gasteiger partial charge on any atom is 0.170 e. The molecule has 0 atom stereocenters. The minimum Gasteiger partial charge on any atom is -0.489 e. The predicted octanol–water partition coefficient (Wildman–Crippen LogP) is 3.01. The normalized spacial score (nSPS) is 11.3. The van der Waals surface area contributed by atoms with Crippen LogP contribution in [0.1, 0.15) is 11.1 Å². The van der Waals surface area contributed by atoms with Gasteiger partial charge in [0.15, 0.2) is 5.84 Å². The van der Waals surface area contributed by atoms with Crippen LogP contribution in [-0.2, 0) is 6.61 Å². The van der Waals surface area contributed by atoms with Crippen LogP contribution >= 0.6 is 11.6 Å². The summed E-state index contributed by atoms with van der Waals surface area (Å²) < 4.78 is 5.60. The van der Waals surface area contributed by atoms with Gasteiger partial charge in [0.05, 0.1) is 0 Å². The Labute approximate surface area is 116 Å². The van der Waals surface area contributed by atoms with E-state index in [4.69, 9.17) is 27.3 Å². The Balaban J connectivity index is 2.00. The van der Waals surface area contributed by atoms with E-state index < -0.39 is 0 Å². The third-order valence-electron chi connectivity index (χ3n) is 2.56. The first-order valence-corrected chi connectivity index (χ1v) is 6.02. The van der Waals surface area contributed by atoms with Gasteiger partial charge in [-0.1, -0.05) is 47.1 Å². The molecule has 0 amide bonds. The van der Waals surface area contributed by atoms with Crippen molar-refractivity contribution < 1.29 is 9.94 Å². The number of halogens is 1. The Hall–Kier alpha value is -2.20. The number of oxime groups is 1. The standard InChI is InChI=1S/C14H13ClN2O2/c15-12-2-1-3-13(8-12)19-9-10-4-6-11(7-5-10)14(16)17-18/h1-8,18H,9H2,(H2,16,17). The van der Waals surface area contributed by atoms with Gasteiger partial charge in [0, 0.05) is 10.6 Å². The van der Waals surface area contributed by atoms with Crippen molar-refractivity contribution in [3.63, 3.8) is 0 Å². The minimum atomic E-state index is 0.0855. The lowest BCUT2D eigenvalue weighted by Gasteiger charge is -2.07. The van der Waals surface area contributed by atoms with Crippen LogP contribution in [0.3, 0.4) is 0 Å². The van der Waals surface area contributed by atoms with Crippen molar-refractivity contribution in [1.82, 2.24) is 0 Å². The van der Waals surface area contributed by atoms with Crippen LogP contribution in [0.4, 0.5) is 0 Å². The van der Waals surface area contributed by atoms with Crippen LogP contribution in [0, 0.1) is 0 Å². The molecule has 0 aliphatic rings. The summed E-state index contributed by atoms with van der Waals surface area (Å²) in [6, 6.07) is 14.5. The maximum atomic E-state index is 8.56. The molecule has 2 aromatic rings. The average molecular weight is 277 g/mol. The average Bonchev–Trinajstić information content (AvgIpc) is 2.45. The molecular formula is C14H13ClN2O2. The van der Waals surface area contributed by atoms with Crippen LogP contribution in [0.25, 0.3) is 0 Å². The molecule has 19 heavy (non-hydrogen) atoms. The highest BCUT2D eigenvalue weighted by molar-refractivity contribution is 6.30. The Morgan fingerprint density at radius 3 is 2.58 bits per heavy atom. The lowest BCUT2D eigenvalue weighted by Crippen LogP contribution is -2.12. The fourth-order valence-electron chi connectivity index (χ4n) is 1.55. The first-order valence-electron chi connectivity index (χ1n) is 5.64. The van der Waals surface area contributed by atoms with Gasteiger partial charge in [-0.05, 0) is 23.8 Å². The van der Waals surface area contributed by atoms with Crippen LogP contribution < -0.4 is 10.5 Å². The van der Waals surface area contributed by atoms with Gasteiger partial charge in [-0.2, -0.15) is 0 Å². The second-order valence-corrected chi connectivity index (χ2v) is 4.36. The number of hydrogen-bond acceptors (Lipinski definition) is 3. The highest BCUT2D eigenvalue weighted by atomic mass is 35.5. The second-order valence-electron chi connectivity index (χ2n) is 3.93. The molecular weight excluding hydrogens is 264 g/mol. The van der Waals surface area contributed by atoms with Gasteiger partial charge in [-0.25, -0.2) is 0 Å². The van der Waals surface area contributed by atoms with Gasteiger partial charge >= 0.3 is 0 Å². The third-order valence-corrected chi connectivity index (χ3v) is 2.79. The van der Waals surface area contributed by atoms with Crippen molar-refractivity contribution in [2.75, 3.05) is 0 Å². The molecule has 0 radical (unpaired) electrons. The number of benzene rings is 2. The summed E-state index contributed by atoms with van der Waals surface area (Å²) in [5.41, 5.74) is 7.12. The number of nitrogens with zero attached hydrogens (tertiary/aromatic N) is 1. The van der Waals surface area contributed by atoms with Gasteiger partial charge < -0.3 is 15.7 Å². The smallest absolute Gasteiger partial charge is 0.170 e. The molecule has 0 spiro atoms. The van der Waals surface area contributed by atoms with E-state index in [9.17, 15) is 0 Å². The predicted molar refractivity (Wildman–Crippen MR) is 74.7 cm³/mol. The quantitative estimate of drug-likeness (QED) is 0.390. The minimum absolute atomic E-state index is 0.0855. The van der Waals surface area contributed by atoms with E-state index in [-0.39, 0.29) is 5.84 Å². The molecule has 4 nitrogen and oxygen atoms in total. The van der Waals surface area contributed by atoms with E-state index in [0.29, 0.717) is 22.9 Å². The van der Waals surface area contributed by atoms with Crippen LogP contribution in [0.5, 0.6) is 5.75 Å². The van der Waals surface area contributed by atoms with Crippen LogP contribution in [0.2, 0.25) is 5.02 Å². The molecule has 2 aromatic carbocycles. The molecule has 3 N–H and O–H groups in total. The monoisotopic (exact) mass is 276 g/mol. The van der Waals surface area contributed by atoms with Crippen molar-refractivity contribution >= 4 is 17.4 Å². The number of hydrogen-bond donors (Lipinski definition) is 2. The zero-order chi connectivity index (χ0) is 13.7. The Bertz CT molecular complexity index is 582. The Kier molecular flexibility index (Phi) is 4.26. The number of amidine groups is 1. The van der Waals surface area contributed by atoms with Crippen molar-refractivity contribution in [1.29, 1.82) is 0 Å². The first kappa shape index (κ1) is 13.2. The third kappa shape index (κ3) is 3.63. The maximum absolute atomic E-state index is 8.56. The van der Waals surface area contributed by atoms with Gasteiger partial charge in [0.1, 0.15) is 12.4 Å². The van der Waals surface area contributed by atoms with Crippen molar-refractivity contribution in [3.8, 4) is 5.75 Å². The van der Waals surface area contributed by atoms with E-state index >= 15 is 0 Å². The van der Waals surface area contributed by atoms with Gasteiger partial charge in [0.25, 0.3) is 0 Å². The molecule has 0 saturated carbocycles. The van der Waals surface area contributed by atoms with Crippen LogP contribution in [0.15, 0.2) is 53.7 Å². The molecule has 98 valence electrons. The van der Waals surface area contributed by atoms with E-state index in [0.717, 1.165) is 5.56 Å². The lowest BCUT2D eigenvalue weighted by atomic mass is 10.1. The van der Waals surface area contributed by atoms with Crippen molar-refractivity contribution in [2.24, 2.45) is 10.9 Å². The molecule has 0 bridgehead atoms. The molecule has 0 aliphatic carbocycles. The fraction of sp³-hybridized carbons (Fsp3) is 0.0714. The summed E-state index contributed by atoms with van der Waals surface area (Å²) in [5.74, 6) is 0.801. The Morgan fingerprint density at radius 2 is 1.95 bits per heavy atom. The van der Waals surface area contributed by atoms with E-state index in [1.165, 1.54) is 0 Å². The highest BCUT2D eigenvalue weighted by Gasteiger charge is 2.00.